The Morgan fingerprint density at radius 2 is 2.22 bits per heavy atom. The van der Waals surface area contributed by atoms with E-state index in [1.807, 2.05) is 6.08 Å². The Morgan fingerprint density at radius 3 is 2.67 bits per heavy atom. The molecular formula is C8H15Br. The SMILES string of the molecule is C=CC(Br)CCCCC. The van der Waals surface area contributed by atoms with Gasteiger partial charge in [-0.05, 0) is 6.42 Å². The van der Waals surface area contributed by atoms with Gasteiger partial charge in [0.25, 0.3) is 0 Å². The minimum atomic E-state index is 0.532. The molecular weight excluding hydrogens is 176 g/mol. The minimum Gasteiger partial charge on any atom is -0.102 e. The minimum absolute atomic E-state index is 0.532. The molecule has 0 aromatic heterocycles. The van der Waals surface area contributed by atoms with Crippen molar-refractivity contribution in [2.45, 2.75) is 37.4 Å². The van der Waals surface area contributed by atoms with Crippen LogP contribution in [0.4, 0.5) is 0 Å². The lowest BCUT2D eigenvalue weighted by Crippen LogP contribution is -1.90. The molecule has 0 aliphatic carbocycles. The summed E-state index contributed by atoms with van der Waals surface area (Å²) in [6.07, 6.45) is 7.15. The molecule has 54 valence electrons. The molecule has 1 unspecified atom stereocenters. The summed E-state index contributed by atoms with van der Waals surface area (Å²) in [5, 5.41) is 0. The van der Waals surface area contributed by atoms with E-state index in [-0.39, 0.29) is 0 Å². The Bertz CT molecular complexity index is 69.0. The topological polar surface area (TPSA) is 0 Å². The summed E-state index contributed by atoms with van der Waals surface area (Å²) in [4.78, 5) is 0.532. The van der Waals surface area contributed by atoms with Crippen LogP contribution in [0.2, 0.25) is 0 Å². The number of hydrogen-bond donors (Lipinski definition) is 0. The summed E-state index contributed by atoms with van der Waals surface area (Å²) >= 11 is 3.49. The molecule has 0 saturated carbocycles. The zero-order valence-electron chi connectivity index (χ0n) is 6.07. The third-order valence-corrected chi connectivity index (χ3v) is 2.17. The quantitative estimate of drug-likeness (QED) is 0.354. The van der Waals surface area contributed by atoms with Crippen LogP contribution in [0.25, 0.3) is 0 Å². The van der Waals surface area contributed by atoms with E-state index in [0.29, 0.717) is 4.83 Å². The number of halogens is 1. The van der Waals surface area contributed by atoms with E-state index in [2.05, 4.69) is 29.4 Å². The molecule has 1 heteroatoms. The van der Waals surface area contributed by atoms with Crippen molar-refractivity contribution in [2.75, 3.05) is 0 Å². The molecule has 0 spiro atoms. The molecule has 9 heavy (non-hydrogen) atoms. The van der Waals surface area contributed by atoms with Gasteiger partial charge in [0.1, 0.15) is 0 Å². The van der Waals surface area contributed by atoms with Crippen molar-refractivity contribution in [3.8, 4) is 0 Å². The lowest BCUT2D eigenvalue weighted by atomic mass is 10.1. The van der Waals surface area contributed by atoms with E-state index < -0.39 is 0 Å². The number of rotatable bonds is 5. The van der Waals surface area contributed by atoms with E-state index in [9.17, 15) is 0 Å². The second-order valence-corrected chi connectivity index (χ2v) is 3.42. The average molecular weight is 191 g/mol. The normalized spacial score (nSPS) is 13.1. The van der Waals surface area contributed by atoms with Gasteiger partial charge < -0.3 is 0 Å². The maximum atomic E-state index is 3.69. The first-order valence-electron chi connectivity index (χ1n) is 3.58. The summed E-state index contributed by atoms with van der Waals surface area (Å²) in [5.74, 6) is 0. The summed E-state index contributed by atoms with van der Waals surface area (Å²) in [6.45, 7) is 5.91. The molecule has 0 N–H and O–H groups in total. The van der Waals surface area contributed by atoms with Crippen LogP contribution in [-0.4, -0.2) is 4.83 Å². The van der Waals surface area contributed by atoms with Gasteiger partial charge in [0, 0.05) is 4.83 Å². The van der Waals surface area contributed by atoms with Crippen LogP contribution < -0.4 is 0 Å². The molecule has 1 atom stereocenters. The lowest BCUT2D eigenvalue weighted by molar-refractivity contribution is 0.684. The fraction of sp³-hybridized carbons (Fsp3) is 0.750. The standard InChI is InChI=1S/C8H15Br/c1-3-5-6-7-8(9)4-2/h4,8H,2-3,5-7H2,1H3. The number of hydrogen-bond acceptors (Lipinski definition) is 0. The zero-order chi connectivity index (χ0) is 7.11. The molecule has 0 amide bonds. The number of unbranched alkanes of at least 4 members (excludes halogenated alkanes) is 2. The van der Waals surface area contributed by atoms with Gasteiger partial charge in [-0.1, -0.05) is 48.2 Å². The van der Waals surface area contributed by atoms with Gasteiger partial charge in [-0.3, -0.25) is 0 Å². The van der Waals surface area contributed by atoms with Crippen LogP contribution >= 0.6 is 15.9 Å². The predicted octanol–water partition coefficient (Wildman–Crippen LogP) is 3.52. The highest BCUT2D eigenvalue weighted by molar-refractivity contribution is 9.09. The Morgan fingerprint density at radius 1 is 1.56 bits per heavy atom. The predicted molar refractivity (Wildman–Crippen MR) is 47.1 cm³/mol. The molecule has 0 nitrogen and oxygen atoms in total. The smallest absolute Gasteiger partial charge is 0.0322 e. The first-order valence-corrected chi connectivity index (χ1v) is 4.49. The van der Waals surface area contributed by atoms with Crippen LogP contribution in [0, 0.1) is 0 Å². The van der Waals surface area contributed by atoms with Crippen LogP contribution in [0.3, 0.4) is 0 Å². The third-order valence-electron chi connectivity index (χ3n) is 1.34. The number of allylic oxidation sites excluding steroid dienone is 1. The zero-order valence-corrected chi connectivity index (χ0v) is 7.65. The van der Waals surface area contributed by atoms with Gasteiger partial charge in [0.2, 0.25) is 0 Å². The molecule has 0 aromatic rings. The molecule has 0 heterocycles. The Hall–Kier alpha value is 0.220. The maximum absolute atomic E-state index is 3.69. The highest BCUT2D eigenvalue weighted by atomic mass is 79.9. The van der Waals surface area contributed by atoms with E-state index in [1.165, 1.54) is 25.7 Å². The Balaban J connectivity index is 2.96. The van der Waals surface area contributed by atoms with Gasteiger partial charge in [-0.25, -0.2) is 0 Å². The van der Waals surface area contributed by atoms with Crippen molar-refractivity contribution in [1.82, 2.24) is 0 Å². The van der Waals surface area contributed by atoms with Gasteiger partial charge in [0.05, 0.1) is 0 Å². The monoisotopic (exact) mass is 190 g/mol. The van der Waals surface area contributed by atoms with Crippen LogP contribution in [0.5, 0.6) is 0 Å². The molecule has 0 saturated heterocycles. The highest BCUT2D eigenvalue weighted by Crippen LogP contribution is 2.10. The van der Waals surface area contributed by atoms with Crippen LogP contribution in [0.1, 0.15) is 32.6 Å². The van der Waals surface area contributed by atoms with Crippen molar-refractivity contribution in [1.29, 1.82) is 0 Å². The van der Waals surface area contributed by atoms with Crippen LogP contribution in [-0.2, 0) is 0 Å². The summed E-state index contributed by atoms with van der Waals surface area (Å²) in [7, 11) is 0. The summed E-state index contributed by atoms with van der Waals surface area (Å²) in [5.41, 5.74) is 0. The maximum Gasteiger partial charge on any atom is 0.0322 e. The van der Waals surface area contributed by atoms with Gasteiger partial charge in [-0.2, -0.15) is 0 Å². The molecule has 0 rings (SSSR count). The highest BCUT2D eigenvalue weighted by Gasteiger charge is 1.95. The molecule has 0 bridgehead atoms. The van der Waals surface area contributed by atoms with Crippen molar-refractivity contribution < 1.29 is 0 Å². The molecule has 0 aliphatic rings. The fourth-order valence-electron chi connectivity index (χ4n) is 0.707. The van der Waals surface area contributed by atoms with Gasteiger partial charge in [0.15, 0.2) is 0 Å². The van der Waals surface area contributed by atoms with E-state index >= 15 is 0 Å². The van der Waals surface area contributed by atoms with Gasteiger partial charge in [-0.15, -0.1) is 6.58 Å². The second-order valence-electron chi connectivity index (χ2n) is 2.25. The third kappa shape index (κ3) is 6.10. The molecule has 0 fully saturated rings. The van der Waals surface area contributed by atoms with E-state index in [0.717, 1.165) is 0 Å². The van der Waals surface area contributed by atoms with Crippen molar-refractivity contribution in [3.05, 3.63) is 12.7 Å². The first-order chi connectivity index (χ1) is 4.31. The summed E-state index contributed by atoms with van der Waals surface area (Å²) < 4.78 is 0. The average Bonchev–Trinajstić information content (AvgIpc) is 1.89. The Labute approximate surface area is 66.5 Å². The largest absolute Gasteiger partial charge is 0.102 e. The van der Waals surface area contributed by atoms with Crippen LogP contribution in [0.15, 0.2) is 12.7 Å². The molecule has 0 radical (unpaired) electrons. The second kappa shape index (κ2) is 6.34. The van der Waals surface area contributed by atoms with E-state index in [4.69, 9.17) is 0 Å². The number of alkyl halides is 1. The first kappa shape index (κ1) is 9.22. The van der Waals surface area contributed by atoms with Crippen molar-refractivity contribution >= 4 is 15.9 Å². The lowest BCUT2D eigenvalue weighted by Gasteiger charge is -2.00. The van der Waals surface area contributed by atoms with Gasteiger partial charge >= 0.3 is 0 Å². The van der Waals surface area contributed by atoms with E-state index in [1.54, 1.807) is 0 Å². The van der Waals surface area contributed by atoms with Crippen molar-refractivity contribution in [3.63, 3.8) is 0 Å². The Kier molecular flexibility index (Phi) is 6.50. The summed E-state index contributed by atoms with van der Waals surface area (Å²) in [6, 6.07) is 0. The fourth-order valence-corrected chi connectivity index (χ4v) is 1.03. The molecule has 0 aromatic carbocycles. The molecule has 0 aliphatic heterocycles. The van der Waals surface area contributed by atoms with Crippen molar-refractivity contribution in [2.24, 2.45) is 0 Å².